The smallest absolute Gasteiger partial charge is 0.0202 e. The molecule has 2 heteroatoms. The highest BCUT2D eigenvalue weighted by Gasteiger charge is 2.23. The Kier molecular flexibility index (Phi) is 3.24. The van der Waals surface area contributed by atoms with E-state index in [0.717, 1.165) is 25.2 Å². The van der Waals surface area contributed by atoms with Crippen molar-refractivity contribution in [3.8, 4) is 0 Å². The molecule has 0 spiro atoms. The Labute approximate surface area is 87.4 Å². The Morgan fingerprint density at radius 3 is 2.57 bits per heavy atom. The normalized spacial score (nSPS) is 22.4. The van der Waals surface area contributed by atoms with Crippen LogP contribution in [-0.4, -0.2) is 37.1 Å². The van der Waals surface area contributed by atoms with Crippen molar-refractivity contribution in [2.75, 3.05) is 20.1 Å². The third-order valence-corrected chi connectivity index (χ3v) is 3.39. The third kappa shape index (κ3) is 2.82. The van der Waals surface area contributed by atoms with Crippen LogP contribution in [0.1, 0.15) is 32.1 Å². The van der Waals surface area contributed by atoms with Gasteiger partial charge in [0.25, 0.3) is 0 Å². The molecule has 2 nitrogen and oxygen atoms in total. The molecule has 1 N–H and O–H groups in total. The summed E-state index contributed by atoms with van der Waals surface area (Å²) in [7, 11) is 2.23. The number of likely N-dealkylation sites (N-methyl/N-ethyl adjacent to an activating group) is 1. The van der Waals surface area contributed by atoms with Crippen LogP contribution in [0, 0.1) is 0 Å². The first kappa shape index (κ1) is 10.2. The van der Waals surface area contributed by atoms with E-state index in [2.05, 4.69) is 23.8 Å². The van der Waals surface area contributed by atoms with Gasteiger partial charge in [0.15, 0.2) is 0 Å². The zero-order valence-electron chi connectivity index (χ0n) is 9.26. The van der Waals surface area contributed by atoms with Crippen molar-refractivity contribution < 1.29 is 0 Å². The van der Waals surface area contributed by atoms with Gasteiger partial charge in [0, 0.05) is 25.2 Å². The molecule has 2 fully saturated rings. The van der Waals surface area contributed by atoms with Crippen molar-refractivity contribution in [3.63, 3.8) is 0 Å². The molecular weight excluding hydrogens is 172 g/mol. The van der Waals surface area contributed by atoms with Crippen molar-refractivity contribution in [1.29, 1.82) is 0 Å². The number of nitrogens with zero attached hydrogens (tertiary/aromatic N) is 1. The minimum Gasteiger partial charge on any atom is -0.310 e. The first-order valence-corrected chi connectivity index (χ1v) is 5.86. The van der Waals surface area contributed by atoms with Crippen molar-refractivity contribution >= 4 is 0 Å². The molecule has 0 aromatic carbocycles. The SMILES string of the molecule is C=C(CNC1CC1)CN(C)C1CCC1. The number of hydrogen-bond acceptors (Lipinski definition) is 2. The number of nitrogens with one attached hydrogen (secondary N) is 1. The molecule has 0 saturated heterocycles. The molecule has 0 heterocycles. The van der Waals surface area contributed by atoms with Crippen LogP contribution in [0.4, 0.5) is 0 Å². The molecule has 14 heavy (non-hydrogen) atoms. The van der Waals surface area contributed by atoms with Gasteiger partial charge < -0.3 is 5.32 Å². The number of rotatable bonds is 6. The van der Waals surface area contributed by atoms with Crippen LogP contribution in [0.3, 0.4) is 0 Å². The van der Waals surface area contributed by atoms with Crippen molar-refractivity contribution in [2.24, 2.45) is 0 Å². The maximum absolute atomic E-state index is 4.13. The van der Waals surface area contributed by atoms with Crippen LogP contribution < -0.4 is 5.32 Å². The first-order valence-electron chi connectivity index (χ1n) is 5.86. The van der Waals surface area contributed by atoms with E-state index in [1.165, 1.54) is 37.7 Å². The molecule has 0 radical (unpaired) electrons. The highest BCUT2D eigenvalue weighted by Crippen LogP contribution is 2.24. The average molecular weight is 194 g/mol. The molecule has 0 bridgehead atoms. The van der Waals surface area contributed by atoms with E-state index < -0.39 is 0 Å². The Bertz CT molecular complexity index is 204. The highest BCUT2D eigenvalue weighted by atomic mass is 15.1. The molecule has 2 saturated carbocycles. The molecular formula is C12H22N2. The van der Waals surface area contributed by atoms with E-state index in [-0.39, 0.29) is 0 Å². The lowest BCUT2D eigenvalue weighted by molar-refractivity contribution is 0.171. The van der Waals surface area contributed by atoms with Gasteiger partial charge in [0.1, 0.15) is 0 Å². The topological polar surface area (TPSA) is 15.3 Å². The van der Waals surface area contributed by atoms with Crippen molar-refractivity contribution in [3.05, 3.63) is 12.2 Å². The third-order valence-electron chi connectivity index (χ3n) is 3.39. The predicted molar refractivity (Wildman–Crippen MR) is 60.4 cm³/mol. The van der Waals surface area contributed by atoms with Gasteiger partial charge in [-0.1, -0.05) is 13.0 Å². The fourth-order valence-electron chi connectivity index (χ4n) is 1.94. The van der Waals surface area contributed by atoms with Gasteiger partial charge in [-0.3, -0.25) is 4.90 Å². The zero-order valence-corrected chi connectivity index (χ0v) is 9.26. The van der Waals surface area contributed by atoms with Gasteiger partial charge in [-0.15, -0.1) is 0 Å². The van der Waals surface area contributed by atoms with Crippen LogP contribution in [0.25, 0.3) is 0 Å². The van der Waals surface area contributed by atoms with E-state index in [1.807, 2.05) is 0 Å². The van der Waals surface area contributed by atoms with E-state index >= 15 is 0 Å². The molecule has 80 valence electrons. The van der Waals surface area contributed by atoms with Crippen LogP contribution >= 0.6 is 0 Å². The first-order chi connectivity index (χ1) is 6.75. The summed E-state index contributed by atoms with van der Waals surface area (Å²) in [6.07, 6.45) is 6.93. The van der Waals surface area contributed by atoms with E-state index in [1.54, 1.807) is 0 Å². The van der Waals surface area contributed by atoms with Crippen molar-refractivity contribution in [2.45, 2.75) is 44.2 Å². The summed E-state index contributed by atoms with van der Waals surface area (Å²) in [5.74, 6) is 0. The molecule has 0 aromatic rings. The fraction of sp³-hybridized carbons (Fsp3) is 0.833. The maximum atomic E-state index is 4.13. The fourth-order valence-corrected chi connectivity index (χ4v) is 1.94. The highest BCUT2D eigenvalue weighted by molar-refractivity contribution is 5.02. The Morgan fingerprint density at radius 2 is 2.07 bits per heavy atom. The minimum atomic E-state index is 0.806. The van der Waals surface area contributed by atoms with Gasteiger partial charge in [0.05, 0.1) is 0 Å². The second kappa shape index (κ2) is 4.45. The summed E-state index contributed by atoms with van der Waals surface area (Å²) in [5, 5.41) is 3.51. The van der Waals surface area contributed by atoms with Crippen LogP contribution in [0.2, 0.25) is 0 Å². The van der Waals surface area contributed by atoms with E-state index in [0.29, 0.717) is 0 Å². The summed E-state index contributed by atoms with van der Waals surface area (Å²) < 4.78 is 0. The van der Waals surface area contributed by atoms with Crippen LogP contribution in [-0.2, 0) is 0 Å². The van der Waals surface area contributed by atoms with Gasteiger partial charge in [0.2, 0.25) is 0 Å². The molecule has 0 aliphatic heterocycles. The maximum Gasteiger partial charge on any atom is 0.0202 e. The quantitative estimate of drug-likeness (QED) is 0.648. The van der Waals surface area contributed by atoms with Crippen LogP contribution in [0.15, 0.2) is 12.2 Å². The standard InChI is InChI=1S/C12H22N2/c1-10(8-13-11-6-7-11)9-14(2)12-4-3-5-12/h11-13H,1,3-9H2,2H3. The lowest BCUT2D eigenvalue weighted by atomic mass is 9.91. The van der Waals surface area contributed by atoms with E-state index in [4.69, 9.17) is 0 Å². The van der Waals surface area contributed by atoms with Gasteiger partial charge in [-0.2, -0.15) is 0 Å². The summed E-state index contributed by atoms with van der Waals surface area (Å²) >= 11 is 0. The summed E-state index contributed by atoms with van der Waals surface area (Å²) in [6, 6.07) is 1.65. The largest absolute Gasteiger partial charge is 0.310 e. The minimum absolute atomic E-state index is 0.806. The summed E-state index contributed by atoms with van der Waals surface area (Å²) in [4.78, 5) is 2.46. The second-order valence-electron chi connectivity index (χ2n) is 4.91. The number of hydrogen-bond donors (Lipinski definition) is 1. The van der Waals surface area contributed by atoms with E-state index in [9.17, 15) is 0 Å². The second-order valence-corrected chi connectivity index (χ2v) is 4.91. The summed E-state index contributed by atoms with van der Waals surface area (Å²) in [6.45, 7) is 6.22. The average Bonchev–Trinajstić information content (AvgIpc) is 2.79. The predicted octanol–water partition coefficient (Wildman–Crippen LogP) is 1.78. The van der Waals surface area contributed by atoms with Gasteiger partial charge in [-0.05, 0) is 38.3 Å². The van der Waals surface area contributed by atoms with Gasteiger partial charge >= 0.3 is 0 Å². The monoisotopic (exact) mass is 194 g/mol. The molecule has 0 aromatic heterocycles. The molecule has 0 atom stereocenters. The molecule has 0 amide bonds. The van der Waals surface area contributed by atoms with Gasteiger partial charge in [-0.25, -0.2) is 0 Å². The van der Waals surface area contributed by atoms with Crippen LogP contribution in [0.5, 0.6) is 0 Å². The lowest BCUT2D eigenvalue weighted by Crippen LogP contribution is -2.39. The summed E-state index contributed by atoms with van der Waals surface area (Å²) in [5.41, 5.74) is 1.34. The van der Waals surface area contributed by atoms with Crippen molar-refractivity contribution in [1.82, 2.24) is 10.2 Å². The molecule has 2 rings (SSSR count). The zero-order chi connectivity index (χ0) is 9.97. The Hall–Kier alpha value is -0.340. The Morgan fingerprint density at radius 1 is 1.36 bits per heavy atom. The lowest BCUT2D eigenvalue weighted by Gasteiger charge is -2.35. The Balaban J connectivity index is 1.59. The molecule has 0 unspecified atom stereocenters. The molecule has 2 aliphatic carbocycles. The molecule has 2 aliphatic rings.